The van der Waals surface area contributed by atoms with Gasteiger partial charge in [-0.05, 0) is 36.6 Å². The highest BCUT2D eigenvalue weighted by Crippen LogP contribution is 2.19. The van der Waals surface area contributed by atoms with Crippen LogP contribution in [0.2, 0.25) is 0 Å². The molecular formula is C20H23N3O2. The summed E-state index contributed by atoms with van der Waals surface area (Å²) in [7, 11) is 0. The van der Waals surface area contributed by atoms with Crippen molar-refractivity contribution in [3.8, 4) is 0 Å². The third-order valence-electron chi connectivity index (χ3n) is 4.62. The van der Waals surface area contributed by atoms with Gasteiger partial charge >= 0.3 is 6.03 Å². The minimum atomic E-state index is -0.270. The summed E-state index contributed by atoms with van der Waals surface area (Å²) in [6.07, 6.45) is 0.340. The van der Waals surface area contributed by atoms with E-state index in [4.69, 9.17) is 0 Å². The Hall–Kier alpha value is -2.82. The molecule has 1 atom stereocenters. The zero-order chi connectivity index (χ0) is 17.8. The molecule has 1 unspecified atom stereocenters. The SMILES string of the molecule is Cc1cccc(NC(=O)NC2CC(=O)N(Cc3ccccc3)C2)c1C. The molecule has 1 heterocycles. The van der Waals surface area contributed by atoms with E-state index < -0.39 is 0 Å². The van der Waals surface area contributed by atoms with E-state index in [0.29, 0.717) is 19.5 Å². The molecule has 1 saturated heterocycles. The van der Waals surface area contributed by atoms with Crippen LogP contribution in [0.1, 0.15) is 23.1 Å². The summed E-state index contributed by atoms with van der Waals surface area (Å²) in [4.78, 5) is 26.2. The maximum absolute atomic E-state index is 12.3. The summed E-state index contributed by atoms with van der Waals surface area (Å²) in [6.45, 7) is 5.10. The number of carbonyl (C=O) groups excluding carboxylic acids is 2. The molecule has 0 radical (unpaired) electrons. The molecule has 0 saturated carbocycles. The number of rotatable bonds is 4. The molecule has 0 bridgehead atoms. The first kappa shape index (κ1) is 17.0. The highest BCUT2D eigenvalue weighted by atomic mass is 16.2. The lowest BCUT2D eigenvalue weighted by Crippen LogP contribution is -2.39. The van der Waals surface area contributed by atoms with E-state index in [0.717, 1.165) is 22.4 Å². The molecule has 1 aliphatic rings. The number of anilines is 1. The van der Waals surface area contributed by atoms with Crippen molar-refractivity contribution in [2.75, 3.05) is 11.9 Å². The smallest absolute Gasteiger partial charge is 0.319 e. The van der Waals surface area contributed by atoms with E-state index in [1.807, 2.05) is 62.4 Å². The van der Waals surface area contributed by atoms with Gasteiger partial charge in [-0.25, -0.2) is 4.79 Å². The quantitative estimate of drug-likeness (QED) is 0.900. The van der Waals surface area contributed by atoms with Crippen molar-refractivity contribution < 1.29 is 9.59 Å². The van der Waals surface area contributed by atoms with Crippen LogP contribution in [0.4, 0.5) is 10.5 Å². The Kier molecular flexibility index (Phi) is 5.03. The van der Waals surface area contributed by atoms with Crippen molar-refractivity contribution in [2.45, 2.75) is 32.9 Å². The Balaban J connectivity index is 1.56. The van der Waals surface area contributed by atoms with Gasteiger partial charge in [0, 0.05) is 25.2 Å². The van der Waals surface area contributed by atoms with Crippen molar-refractivity contribution >= 4 is 17.6 Å². The maximum Gasteiger partial charge on any atom is 0.319 e. The predicted octanol–water partition coefficient (Wildman–Crippen LogP) is 3.23. The van der Waals surface area contributed by atoms with Crippen molar-refractivity contribution in [1.29, 1.82) is 0 Å². The summed E-state index contributed by atoms with van der Waals surface area (Å²) in [6, 6.07) is 15.2. The zero-order valence-corrected chi connectivity index (χ0v) is 14.6. The zero-order valence-electron chi connectivity index (χ0n) is 14.6. The van der Waals surface area contributed by atoms with E-state index in [-0.39, 0.29) is 18.0 Å². The second-order valence-corrected chi connectivity index (χ2v) is 6.51. The van der Waals surface area contributed by atoms with Gasteiger partial charge in [0.2, 0.25) is 5.91 Å². The van der Waals surface area contributed by atoms with Gasteiger partial charge in [-0.2, -0.15) is 0 Å². The number of likely N-dealkylation sites (tertiary alicyclic amines) is 1. The standard InChI is InChI=1S/C20H23N3O2/c1-14-7-6-10-18(15(14)2)22-20(25)21-17-11-19(24)23(13-17)12-16-8-4-3-5-9-16/h3-10,17H,11-13H2,1-2H3,(H2,21,22,25). The topological polar surface area (TPSA) is 61.4 Å². The maximum atomic E-state index is 12.3. The van der Waals surface area contributed by atoms with Gasteiger partial charge in [0.25, 0.3) is 0 Å². The van der Waals surface area contributed by atoms with Gasteiger partial charge in [-0.1, -0.05) is 42.5 Å². The molecule has 130 valence electrons. The lowest BCUT2D eigenvalue weighted by atomic mass is 10.1. The van der Waals surface area contributed by atoms with Crippen molar-refractivity contribution in [3.63, 3.8) is 0 Å². The lowest BCUT2D eigenvalue weighted by molar-refractivity contribution is -0.128. The number of benzene rings is 2. The minimum Gasteiger partial charge on any atom is -0.336 e. The second kappa shape index (κ2) is 7.38. The van der Waals surface area contributed by atoms with Crippen molar-refractivity contribution in [3.05, 3.63) is 65.2 Å². The summed E-state index contributed by atoms with van der Waals surface area (Å²) in [5.74, 6) is 0.0703. The number of amides is 3. The van der Waals surface area contributed by atoms with Crippen LogP contribution in [0.5, 0.6) is 0 Å². The van der Waals surface area contributed by atoms with Gasteiger partial charge in [0.1, 0.15) is 0 Å². The molecule has 1 aliphatic heterocycles. The van der Waals surface area contributed by atoms with Crippen LogP contribution in [-0.2, 0) is 11.3 Å². The number of urea groups is 1. The summed E-state index contributed by atoms with van der Waals surface area (Å²) in [5, 5.41) is 5.79. The predicted molar refractivity (Wildman–Crippen MR) is 98.3 cm³/mol. The molecule has 25 heavy (non-hydrogen) atoms. The number of nitrogens with one attached hydrogen (secondary N) is 2. The first-order chi connectivity index (χ1) is 12.0. The third kappa shape index (κ3) is 4.18. The Morgan fingerprint density at radius 3 is 2.64 bits per heavy atom. The van der Waals surface area contributed by atoms with Gasteiger partial charge in [0.05, 0.1) is 6.04 Å². The summed E-state index contributed by atoms with van der Waals surface area (Å²) < 4.78 is 0. The number of carbonyl (C=O) groups is 2. The molecule has 0 spiro atoms. The van der Waals surface area contributed by atoms with E-state index in [9.17, 15) is 9.59 Å². The second-order valence-electron chi connectivity index (χ2n) is 6.51. The third-order valence-corrected chi connectivity index (χ3v) is 4.62. The Morgan fingerprint density at radius 2 is 1.88 bits per heavy atom. The highest BCUT2D eigenvalue weighted by molar-refractivity contribution is 5.91. The van der Waals surface area contributed by atoms with Crippen LogP contribution in [0, 0.1) is 13.8 Å². The van der Waals surface area contributed by atoms with Gasteiger partial charge in [0.15, 0.2) is 0 Å². The molecule has 3 amide bonds. The Bertz CT molecular complexity index is 774. The normalized spacial score (nSPS) is 16.8. The molecule has 3 rings (SSSR count). The van der Waals surface area contributed by atoms with Crippen molar-refractivity contribution in [1.82, 2.24) is 10.2 Å². The molecule has 2 N–H and O–H groups in total. The minimum absolute atomic E-state index is 0.0703. The summed E-state index contributed by atoms with van der Waals surface area (Å²) in [5.41, 5.74) is 4.06. The van der Waals surface area contributed by atoms with Crippen molar-refractivity contribution in [2.24, 2.45) is 0 Å². The average molecular weight is 337 g/mol. The largest absolute Gasteiger partial charge is 0.336 e. The number of aryl methyl sites for hydroxylation is 1. The summed E-state index contributed by atoms with van der Waals surface area (Å²) >= 11 is 0. The molecule has 2 aromatic rings. The van der Waals surface area contributed by atoms with Crippen LogP contribution in [0.25, 0.3) is 0 Å². The Labute approximate surface area is 148 Å². The van der Waals surface area contributed by atoms with Crippen LogP contribution in [0.15, 0.2) is 48.5 Å². The molecular weight excluding hydrogens is 314 g/mol. The molecule has 1 fully saturated rings. The molecule has 5 heteroatoms. The van der Waals surface area contributed by atoms with E-state index in [1.54, 1.807) is 4.90 Å². The van der Waals surface area contributed by atoms with Gasteiger partial charge in [-0.3, -0.25) is 4.79 Å². The van der Waals surface area contributed by atoms with E-state index in [2.05, 4.69) is 10.6 Å². The average Bonchev–Trinajstić information content (AvgIpc) is 2.92. The Morgan fingerprint density at radius 1 is 1.12 bits per heavy atom. The van der Waals surface area contributed by atoms with Crippen LogP contribution >= 0.6 is 0 Å². The molecule has 0 aliphatic carbocycles. The fourth-order valence-electron chi connectivity index (χ4n) is 3.06. The van der Waals surface area contributed by atoms with Crippen LogP contribution in [-0.4, -0.2) is 29.4 Å². The molecule has 5 nitrogen and oxygen atoms in total. The lowest BCUT2D eigenvalue weighted by Gasteiger charge is -2.18. The molecule has 0 aromatic heterocycles. The monoisotopic (exact) mass is 337 g/mol. The van der Waals surface area contributed by atoms with Gasteiger partial charge < -0.3 is 15.5 Å². The van der Waals surface area contributed by atoms with E-state index >= 15 is 0 Å². The fourth-order valence-corrected chi connectivity index (χ4v) is 3.06. The van der Waals surface area contributed by atoms with Gasteiger partial charge in [-0.15, -0.1) is 0 Å². The van der Waals surface area contributed by atoms with Crippen LogP contribution < -0.4 is 10.6 Å². The highest BCUT2D eigenvalue weighted by Gasteiger charge is 2.30. The van der Waals surface area contributed by atoms with Crippen LogP contribution in [0.3, 0.4) is 0 Å². The van der Waals surface area contributed by atoms with E-state index in [1.165, 1.54) is 0 Å². The number of nitrogens with zero attached hydrogens (tertiary/aromatic N) is 1. The first-order valence-corrected chi connectivity index (χ1v) is 8.48. The first-order valence-electron chi connectivity index (χ1n) is 8.48. The fraction of sp³-hybridized carbons (Fsp3) is 0.300. The number of hydrogen-bond acceptors (Lipinski definition) is 2. The molecule has 2 aromatic carbocycles. The number of hydrogen-bond donors (Lipinski definition) is 2.